The molecule has 0 heterocycles. The third-order valence-corrected chi connectivity index (χ3v) is 2.44. The van der Waals surface area contributed by atoms with Crippen LogP contribution in [-0.4, -0.2) is 40.1 Å². The van der Waals surface area contributed by atoms with Crippen LogP contribution >= 0.6 is 34.8 Å². The fourth-order valence-corrected chi connectivity index (χ4v) is 0. The van der Waals surface area contributed by atoms with Gasteiger partial charge in [0, 0.05) is 6.92 Å². The Labute approximate surface area is 196 Å². The van der Waals surface area contributed by atoms with Gasteiger partial charge in [-0.15, -0.1) is 0 Å². The van der Waals surface area contributed by atoms with Crippen molar-refractivity contribution >= 4 is 34.8 Å². The van der Waals surface area contributed by atoms with E-state index in [1.165, 1.54) is 0 Å². The van der Waals surface area contributed by atoms with Gasteiger partial charge in [-0.3, -0.25) is 0 Å². The zero-order valence-corrected chi connectivity index (χ0v) is 18.7. The molecule has 0 aromatic carbocycles. The Hall–Kier alpha value is -0.290. The second kappa shape index (κ2) is 15.0. The summed E-state index contributed by atoms with van der Waals surface area (Å²) in [5.41, 5.74) is 0. The van der Waals surface area contributed by atoms with Gasteiger partial charge in [-0.1, -0.05) is 41.4 Å². The Morgan fingerprint density at radius 2 is 0.697 bits per heavy atom. The molecule has 0 aliphatic heterocycles. The summed E-state index contributed by atoms with van der Waals surface area (Å²) in [6.07, 6.45) is -19.8. The highest BCUT2D eigenvalue weighted by molar-refractivity contribution is 6.48. The average Bonchev–Trinajstić information content (AvgIpc) is 2.31. The molecular formula is C12H11Cl4F17-2. The zero-order chi connectivity index (χ0) is 27.1. The molecule has 0 N–H and O–H groups in total. The van der Waals surface area contributed by atoms with E-state index in [0.717, 1.165) is 0 Å². The lowest BCUT2D eigenvalue weighted by Gasteiger charge is -2.16. The van der Waals surface area contributed by atoms with Crippen molar-refractivity contribution in [2.75, 3.05) is 0 Å². The van der Waals surface area contributed by atoms with E-state index in [0.29, 0.717) is 6.92 Å². The second-order valence-corrected chi connectivity index (χ2v) is 7.48. The van der Waals surface area contributed by atoms with Gasteiger partial charge in [-0.25, -0.2) is 8.78 Å². The van der Waals surface area contributed by atoms with E-state index in [4.69, 9.17) is 0 Å². The summed E-state index contributed by atoms with van der Waals surface area (Å²) in [6.45, 7) is 2.77. The van der Waals surface area contributed by atoms with E-state index >= 15 is 0 Å². The Balaban J connectivity index is -0.0000000723. The maximum Gasteiger partial charge on any atom is 0.452 e. The van der Waals surface area contributed by atoms with Gasteiger partial charge in [0.05, 0.1) is 0 Å². The van der Waals surface area contributed by atoms with Crippen molar-refractivity contribution in [2.24, 2.45) is 0 Å². The van der Waals surface area contributed by atoms with Gasteiger partial charge in [-0.2, -0.15) is 61.5 Å². The normalized spacial score (nSPS) is 14.2. The Morgan fingerprint density at radius 1 is 0.576 bits per heavy atom. The van der Waals surface area contributed by atoms with Gasteiger partial charge in [0.25, 0.3) is 5.13 Å². The Morgan fingerprint density at radius 3 is 0.697 bits per heavy atom. The van der Waals surface area contributed by atoms with E-state index in [2.05, 4.69) is 34.8 Å². The highest BCUT2D eigenvalue weighted by Gasteiger charge is 2.53. The van der Waals surface area contributed by atoms with Crippen LogP contribution in [0.1, 0.15) is 20.8 Å². The van der Waals surface area contributed by atoms with Crippen LogP contribution in [0.4, 0.5) is 70.2 Å². The van der Waals surface area contributed by atoms with Gasteiger partial charge in [-0.05, 0) is 13.8 Å². The molecule has 0 aromatic rings. The molecule has 21 heteroatoms. The van der Waals surface area contributed by atoms with Crippen LogP contribution in [0.3, 0.4) is 0 Å². The standard InChI is InChI=1S/C3H3Cl2F3.C3H3ClF4.C3H3F5.C3H2F4.ClH.FH/c3*1-2(4,5)3(6,7)8;1-2(4)3(5,6)7;;/h3*1H3;1H2;2*1H/p-2. The molecule has 0 amide bonds. The van der Waals surface area contributed by atoms with Gasteiger partial charge in [0.2, 0.25) is 4.33 Å². The molecule has 0 rings (SSSR count). The molecule has 0 aromatic heterocycles. The van der Waals surface area contributed by atoms with Crippen molar-refractivity contribution in [3.63, 3.8) is 0 Å². The molecule has 0 saturated carbocycles. The maximum absolute atomic E-state index is 11.5. The van der Waals surface area contributed by atoms with Crippen LogP contribution in [0.2, 0.25) is 0 Å². The third kappa shape index (κ3) is 26.2. The summed E-state index contributed by atoms with van der Waals surface area (Å²) in [5.74, 6) is -6.82. The van der Waals surface area contributed by atoms with Crippen LogP contribution in [0.5, 0.6) is 0 Å². The largest absolute Gasteiger partial charge is 1.00 e. The van der Waals surface area contributed by atoms with E-state index in [1.807, 2.05) is 6.58 Å². The molecule has 0 nitrogen and oxygen atoms in total. The van der Waals surface area contributed by atoms with Gasteiger partial charge in [0.15, 0.2) is 5.83 Å². The highest BCUT2D eigenvalue weighted by Crippen LogP contribution is 2.39. The first kappa shape index (κ1) is 46.1. The van der Waals surface area contributed by atoms with Gasteiger partial charge < -0.3 is 17.1 Å². The lowest BCUT2D eigenvalue weighted by Crippen LogP contribution is -3.00. The van der Waals surface area contributed by atoms with Crippen LogP contribution < -0.4 is 17.1 Å². The van der Waals surface area contributed by atoms with Gasteiger partial charge in [0.1, 0.15) is 0 Å². The monoisotopic (exact) mass is 618 g/mol. The van der Waals surface area contributed by atoms with E-state index in [1.54, 1.807) is 0 Å². The summed E-state index contributed by atoms with van der Waals surface area (Å²) in [7, 11) is 0. The molecular weight excluding hydrogens is 609 g/mol. The minimum Gasteiger partial charge on any atom is -1.00 e. The van der Waals surface area contributed by atoms with Crippen LogP contribution in [-0.2, 0) is 0 Å². The molecule has 1 atom stereocenters. The van der Waals surface area contributed by atoms with Crippen molar-refractivity contribution in [3.05, 3.63) is 12.4 Å². The molecule has 208 valence electrons. The Kier molecular flexibility index (Phi) is 20.9. The number of hydrogen-bond donors (Lipinski definition) is 0. The number of rotatable bonds is 0. The predicted molar refractivity (Wildman–Crippen MR) is 80.6 cm³/mol. The fourth-order valence-electron chi connectivity index (χ4n) is 0. The summed E-state index contributed by atoms with van der Waals surface area (Å²) in [6, 6.07) is 0. The fraction of sp³-hybridized carbons (Fsp3) is 0.833. The average molecular weight is 620 g/mol. The van der Waals surface area contributed by atoms with Crippen molar-refractivity contribution in [1.29, 1.82) is 0 Å². The van der Waals surface area contributed by atoms with Gasteiger partial charge >= 0.3 is 30.6 Å². The first-order valence-corrected chi connectivity index (χ1v) is 7.58. The molecule has 1 unspecified atom stereocenters. The molecule has 0 aliphatic rings. The van der Waals surface area contributed by atoms with Crippen molar-refractivity contribution < 1.29 is 87.4 Å². The number of halogens is 21. The topological polar surface area (TPSA) is 0 Å². The third-order valence-electron chi connectivity index (χ3n) is 1.80. The minimum atomic E-state index is -5.40. The van der Waals surface area contributed by atoms with E-state index in [9.17, 15) is 70.2 Å². The maximum atomic E-state index is 11.5. The van der Waals surface area contributed by atoms with E-state index in [-0.39, 0.29) is 31.0 Å². The van der Waals surface area contributed by atoms with Crippen LogP contribution in [0.25, 0.3) is 0 Å². The first-order chi connectivity index (χ1) is 12.7. The first-order valence-electron chi connectivity index (χ1n) is 6.44. The predicted octanol–water partition coefficient (Wildman–Crippen LogP) is 3.46. The zero-order valence-electron chi connectivity index (χ0n) is 15.6. The number of allylic oxidation sites excluding steroid dienone is 1. The minimum absolute atomic E-state index is 0. The molecule has 33 heavy (non-hydrogen) atoms. The molecule has 0 fully saturated rings. The molecule has 0 radical (unpaired) electrons. The van der Waals surface area contributed by atoms with Crippen molar-refractivity contribution in [1.82, 2.24) is 0 Å². The lowest BCUT2D eigenvalue weighted by atomic mass is 10.4. The Bertz CT molecular complexity index is 418. The second-order valence-electron chi connectivity index (χ2n) is 5.06. The molecule has 0 bridgehead atoms. The van der Waals surface area contributed by atoms with Crippen LogP contribution in [0.15, 0.2) is 12.4 Å². The quantitative estimate of drug-likeness (QED) is 0.288. The van der Waals surface area contributed by atoms with E-state index < -0.39 is 45.9 Å². The summed E-state index contributed by atoms with van der Waals surface area (Å²) >= 11 is 13.5. The smallest absolute Gasteiger partial charge is 0.452 e. The lowest BCUT2D eigenvalue weighted by molar-refractivity contribution is -0.273. The van der Waals surface area contributed by atoms with Crippen molar-refractivity contribution in [2.45, 2.75) is 60.9 Å². The summed E-state index contributed by atoms with van der Waals surface area (Å²) in [5, 5.41) is -3.59. The highest BCUT2D eigenvalue weighted by atomic mass is 35.5. The molecule has 0 aliphatic carbocycles. The molecule has 0 saturated heterocycles. The summed E-state index contributed by atoms with van der Waals surface area (Å²) in [4.78, 5) is 0. The molecule has 0 spiro atoms. The van der Waals surface area contributed by atoms with Crippen molar-refractivity contribution in [3.8, 4) is 0 Å². The van der Waals surface area contributed by atoms with Crippen LogP contribution in [0, 0.1) is 0 Å². The summed E-state index contributed by atoms with van der Waals surface area (Å²) < 4.78 is 174. The number of alkyl halides is 18. The SMILES string of the molecule is C=C(F)C(F)(F)F.CC(Cl)(Cl)C(F)(F)F.CC(F)(Cl)C(F)(F)F.CC(F)(F)C(F)(F)F.[Cl-].[F-]. The number of hydrogen-bond acceptors (Lipinski definition) is 0.